The third kappa shape index (κ3) is 2.20. The molecule has 0 saturated carbocycles. The fraction of sp³-hybridized carbons (Fsp3) is 0. The molecule has 1 aromatic rings. The maximum absolute atomic E-state index is 9.99. The number of carbonyl (C=O) groups excluding carboxylic acids is 1. The molecule has 0 unspecified atom stereocenters. The average Bonchev–Trinajstić information content (AvgIpc) is 2.07. The number of allylic oxidation sites excluding steroid dienone is 1. The molecule has 62 valence electrons. The SMILES string of the molecule is O=C/C=C/c1cc(Br)ccc1O. The van der Waals surface area contributed by atoms with Crippen molar-refractivity contribution in [2.45, 2.75) is 0 Å². The number of hydrogen-bond acceptors (Lipinski definition) is 2. The second-order valence-corrected chi connectivity index (χ2v) is 3.11. The minimum Gasteiger partial charge on any atom is -0.507 e. The minimum atomic E-state index is 0.163. The van der Waals surface area contributed by atoms with Crippen LogP contribution in [0.4, 0.5) is 0 Å². The Morgan fingerprint density at radius 1 is 1.42 bits per heavy atom. The van der Waals surface area contributed by atoms with Gasteiger partial charge >= 0.3 is 0 Å². The van der Waals surface area contributed by atoms with E-state index in [1.54, 1.807) is 24.3 Å². The van der Waals surface area contributed by atoms with Crippen LogP contribution >= 0.6 is 15.9 Å². The first-order valence-corrected chi connectivity index (χ1v) is 4.13. The molecule has 0 aliphatic carbocycles. The van der Waals surface area contributed by atoms with Gasteiger partial charge in [0.05, 0.1) is 0 Å². The van der Waals surface area contributed by atoms with Crippen LogP contribution in [0.5, 0.6) is 5.75 Å². The minimum absolute atomic E-state index is 0.163. The van der Waals surface area contributed by atoms with E-state index in [1.165, 1.54) is 6.08 Å². The van der Waals surface area contributed by atoms with Crippen molar-refractivity contribution in [3.8, 4) is 5.75 Å². The van der Waals surface area contributed by atoms with Gasteiger partial charge in [-0.15, -0.1) is 0 Å². The summed E-state index contributed by atoms with van der Waals surface area (Å²) < 4.78 is 0.867. The Hall–Kier alpha value is -1.09. The molecule has 12 heavy (non-hydrogen) atoms. The Bertz CT molecular complexity index is 318. The molecule has 0 radical (unpaired) electrons. The summed E-state index contributed by atoms with van der Waals surface area (Å²) in [5.41, 5.74) is 0.622. The van der Waals surface area contributed by atoms with E-state index in [2.05, 4.69) is 15.9 Å². The van der Waals surface area contributed by atoms with Crippen LogP contribution in [0.2, 0.25) is 0 Å². The van der Waals surface area contributed by atoms with Gasteiger partial charge in [0.15, 0.2) is 0 Å². The number of rotatable bonds is 2. The van der Waals surface area contributed by atoms with E-state index in [-0.39, 0.29) is 5.75 Å². The van der Waals surface area contributed by atoms with Gasteiger partial charge < -0.3 is 5.11 Å². The molecule has 0 heterocycles. The predicted molar refractivity (Wildman–Crippen MR) is 50.9 cm³/mol. The smallest absolute Gasteiger partial charge is 0.142 e. The molecular formula is C9H7BrO2. The van der Waals surface area contributed by atoms with E-state index < -0.39 is 0 Å². The number of benzene rings is 1. The lowest BCUT2D eigenvalue weighted by Gasteiger charge is -1.97. The van der Waals surface area contributed by atoms with Crippen LogP contribution in [0.3, 0.4) is 0 Å². The van der Waals surface area contributed by atoms with Crippen molar-refractivity contribution in [2.75, 3.05) is 0 Å². The molecule has 0 aliphatic heterocycles. The Kier molecular flexibility index (Phi) is 3.05. The number of halogens is 1. The van der Waals surface area contributed by atoms with Crippen LogP contribution in [0, 0.1) is 0 Å². The van der Waals surface area contributed by atoms with E-state index in [0.717, 1.165) is 4.47 Å². The molecule has 1 rings (SSSR count). The molecule has 0 atom stereocenters. The van der Waals surface area contributed by atoms with E-state index in [0.29, 0.717) is 11.8 Å². The Morgan fingerprint density at radius 3 is 2.83 bits per heavy atom. The van der Waals surface area contributed by atoms with Gasteiger partial charge in [0.2, 0.25) is 0 Å². The topological polar surface area (TPSA) is 37.3 Å². The molecule has 3 heteroatoms. The number of hydrogen-bond donors (Lipinski definition) is 1. The quantitative estimate of drug-likeness (QED) is 0.622. The predicted octanol–water partition coefficient (Wildman–Crippen LogP) is 2.37. The van der Waals surface area contributed by atoms with Crippen LogP contribution in [0.25, 0.3) is 6.08 Å². The van der Waals surface area contributed by atoms with Crippen molar-refractivity contribution in [3.05, 3.63) is 34.3 Å². The first kappa shape index (κ1) is 9.00. The van der Waals surface area contributed by atoms with Crippen molar-refractivity contribution in [1.82, 2.24) is 0 Å². The summed E-state index contributed by atoms with van der Waals surface area (Å²) in [6.07, 6.45) is 3.55. The lowest BCUT2D eigenvalue weighted by Crippen LogP contribution is -1.74. The highest BCUT2D eigenvalue weighted by Crippen LogP contribution is 2.22. The molecule has 1 aromatic carbocycles. The largest absolute Gasteiger partial charge is 0.507 e. The molecular weight excluding hydrogens is 220 g/mol. The van der Waals surface area contributed by atoms with E-state index >= 15 is 0 Å². The van der Waals surface area contributed by atoms with E-state index in [9.17, 15) is 9.90 Å². The van der Waals surface area contributed by atoms with Gasteiger partial charge in [-0.2, -0.15) is 0 Å². The van der Waals surface area contributed by atoms with Crippen molar-refractivity contribution < 1.29 is 9.90 Å². The van der Waals surface area contributed by atoms with E-state index in [1.807, 2.05) is 0 Å². The normalized spacial score (nSPS) is 10.4. The third-order valence-electron chi connectivity index (χ3n) is 1.34. The summed E-state index contributed by atoms with van der Waals surface area (Å²) in [7, 11) is 0. The number of phenols is 1. The molecule has 0 spiro atoms. The highest BCUT2D eigenvalue weighted by atomic mass is 79.9. The molecule has 0 aromatic heterocycles. The Balaban J connectivity index is 3.04. The second-order valence-electron chi connectivity index (χ2n) is 2.20. The van der Waals surface area contributed by atoms with Crippen LogP contribution in [0.15, 0.2) is 28.7 Å². The zero-order valence-electron chi connectivity index (χ0n) is 6.20. The summed E-state index contributed by atoms with van der Waals surface area (Å²) in [5.74, 6) is 0.163. The first-order chi connectivity index (χ1) is 5.74. The van der Waals surface area contributed by atoms with Gasteiger partial charge in [-0.25, -0.2) is 0 Å². The summed E-state index contributed by atoms with van der Waals surface area (Å²) in [6, 6.07) is 5.03. The maximum Gasteiger partial charge on any atom is 0.142 e. The highest BCUT2D eigenvalue weighted by Gasteiger charge is 1.96. The van der Waals surface area contributed by atoms with Crippen molar-refractivity contribution in [2.24, 2.45) is 0 Å². The van der Waals surface area contributed by atoms with Crippen LogP contribution in [0.1, 0.15) is 5.56 Å². The van der Waals surface area contributed by atoms with Crippen molar-refractivity contribution >= 4 is 28.3 Å². The molecule has 0 aliphatic rings. The van der Waals surface area contributed by atoms with Gasteiger partial charge in [-0.05, 0) is 30.4 Å². The van der Waals surface area contributed by atoms with Gasteiger partial charge in [0, 0.05) is 10.0 Å². The standard InChI is InChI=1S/C9H7BrO2/c10-8-3-4-9(12)7(6-8)2-1-5-11/h1-6,12H/b2-1+. The third-order valence-corrected chi connectivity index (χ3v) is 1.84. The molecule has 0 amide bonds. The van der Waals surface area contributed by atoms with Crippen molar-refractivity contribution in [1.29, 1.82) is 0 Å². The van der Waals surface area contributed by atoms with Gasteiger partial charge in [-0.3, -0.25) is 4.79 Å². The summed E-state index contributed by atoms with van der Waals surface area (Å²) >= 11 is 3.25. The van der Waals surface area contributed by atoms with E-state index in [4.69, 9.17) is 0 Å². The summed E-state index contributed by atoms with van der Waals surface area (Å²) in [6.45, 7) is 0. The zero-order chi connectivity index (χ0) is 8.97. The van der Waals surface area contributed by atoms with Gasteiger partial charge in [0.1, 0.15) is 12.0 Å². The second kappa shape index (κ2) is 4.07. The van der Waals surface area contributed by atoms with Gasteiger partial charge in [0.25, 0.3) is 0 Å². The summed E-state index contributed by atoms with van der Waals surface area (Å²) in [5, 5.41) is 9.27. The van der Waals surface area contributed by atoms with Crippen LogP contribution in [-0.2, 0) is 4.79 Å². The zero-order valence-corrected chi connectivity index (χ0v) is 7.78. The fourth-order valence-corrected chi connectivity index (χ4v) is 1.18. The average molecular weight is 227 g/mol. The molecule has 0 bridgehead atoms. The van der Waals surface area contributed by atoms with Crippen LogP contribution in [-0.4, -0.2) is 11.4 Å². The maximum atomic E-state index is 9.99. The van der Waals surface area contributed by atoms with Crippen LogP contribution < -0.4 is 0 Å². The highest BCUT2D eigenvalue weighted by molar-refractivity contribution is 9.10. The lowest BCUT2D eigenvalue weighted by atomic mass is 10.2. The number of phenolic OH excluding ortho intramolecular Hbond substituents is 1. The first-order valence-electron chi connectivity index (χ1n) is 3.34. The summed E-state index contributed by atoms with van der Waals surface area (Å²) in [4.78, 5) is 9.99. The monoisotopic (exact) mass is 226 g/mol. The number of aromatic hydroxyl groups is 1. The molecule has 0 fully saturated rings. The van der Waals surface area contributed by atoms with Gasteiger partial charge in [-0.1, -0.05) is 15.9 Å². The van der Waals surface area contributed by atoms with Crippen molar-refractivity contribution in [3.63, 3.8) is 0 Å². The number of aldehydes is 1. The lowest BCUT2D eigenvalue weighted by molar-refractivity contribution is -0.104. The Morgan fingerprint density at radius 2 is 2.17 bits per heavy atom. The molecule has 1 N–H and O–H groups in total. The fourth-order valence-electron chi connectivity index (χ4n) is 0.802. The number of carbonyl (C=O) groups is 1. The Labute approximate surface area is 78.7 Å². The molecule has 0 saturated heterocycles. The molecule has 2 nitrogen and oxygen atoms in total.